The van der Waals surface area contributed by atoms with Crippen LogP contribution in [0.1, 0.15) is 34.9 Å². The molecule has 0 unspecified atom stereocenters. The molecule has 2 aromatic rings. The Morgan fingerprint density at radius 3 is 2.58 bits per heavy atom. The Morgan fingerprint density at radius 1 is 1.42 bits per heavy atom. The molecule has 4 nitrogen and oxygen atoms in total. The van der Waals surface area contributed by atoms with E-state index in [2.05, 4.69) is 25.5 Å². The Kier molecular flexibility index (Phi) is 2.93. The van der Waals surface area contributed by atoms with Gasteiger partial charge in [-0.05, 0) is 47.8 Å². The summed E-state index contributed by atoms with van der Waals surface area (Å²) in [5.74, 6) is -0.390. The van der Waals surface area contributed by atoms with Gasteiger partial charge in [0, 0.05) is 29.7 Å². The maximum absolute atomic E-state index is 11.6. The first-order chi connectivity index (χ1) is 9.11. The van der Waals surface area contributed by atoms with Crippen molar-refractivity contribution in [3.63, 3.8) is 0 Å². The van der Waals surface area contributed by atoms with E-state index in [1.54, 1.807) is 12.4 Å². The number of hydrogen-bond acceptors (Lipinski definition) is 2. The number of nitrogens with zero attached hydrogens (tertiary/aromatic N) is 2. The Hall–Kier alpha value is -1.62. The third-order valence-electron chi connectivity index (χ3n) is 3.50. The number of amides is 1. The van der Waals surface area contributed by atoms with E-state index in [1.165, 1.54) is 0 Å². The highest BCUT2D eigenvalue weighted by atomic mass is 79.9. The summed E-state index contributed by atoms with van der Waals surface area (Å²) in [7, 11) is 0. The molecular weight excluding hydrogens is 306 g/mol. The molecule has 1 aliphatic rings. The average molecular weight is 320 g/mol. The molecule has 3 rings (SSSR count). The molecule has 0 bridgehead atoms. The van der Waals surface area contributed by atoms with Crippen LogP contribution >= 0.6 is 15.9 Å². The van der Waals surface area contributed by atoms with Gasteiger partial charge >= 0.3 is 0 Å². The minimum absolute atomic E-state index is 0.390. The molecule has 0 radical (unpaired) electrons. The number of carbonyl (C=O) groups excluding carboxylic acids is 1. The Balaban J connectivity index is 2.28. The van der Waals surface area contributed by atoms with Gasteiger partial charge in [0.1, 0.15) is 0 Å². The predicted molar refractivity (Wildman–Crippen MR) is 76.9 cm³/mol. The van der Waals surface area contributed by atoms with Crippen LogP contribution in [-0.2, 0) is 0 Å². The molecule has 1 amide bonds. The van der Waals surface area contributed by atoms with Gasteiger partial charge in [0.25, 0.3) is 5.91 Å². The number of halogens is 1. The quantitative estimate of drug-likeness (QED) is 0.945. The van der Waals surface area contributed by atoms with Crippen LogP contribution < -0.4 is 5.73 Å². The Morgan fingerprint density at radius 2 is 2.05 bits per heavy atom. The summed E-state index contributed by atoms with van der Waals surface area (Å²) in [5, 5.41) is 0. The molecule has 0 saturated heterocycles. The van der Waals surface area contributed by atoms with Crippen LogP contribution in [0.4, 0.5) is 0 Å². The van der Waals surface area contributed by atoms with E-state index in [9.17, 15) is 4.79 Å². The average Bonchev–Trinajstić information content (AvgIpc) is 3.16. The molecular formula is C14H14BrN3O. The van der Waals surface area contributed by atoms with Gasteiger partial charge in [-0.1, -0.05) is 0 Å². The highest BCUT2D eigenvalue weighted by molar-refractivity contribution is 9.10. The first-order valence-corrected chi connectivity index (χ1v) is 7.01. The molecule has 2 aromatic heterocycles. The van der Waals surface area contributed by atoms with E-state index in [0.29, 0.717) is 11.6 Å². The molecule has 0 spiro atoms. The van der Waals surface area contributed by atoms with Crippen LogP contribution in [0, 0.1) is 6.92 Å². The number of aromatic nitrogens is 2. The van der Waals surface area contributed by atoms with E-state index in [4.69, 9.17) is 5.73 Å². The summed E-state index contributed by atoms with van der Waals surface area (Å²) in [4.78, 5) is 15.7. The fraction of sp³-hybridized carbons (Fsp3) is 0.286. The van der Waals surface area contributed by atoms with Crippen molar-refractivity contribution in [2.75, 3.05) is 0 Å². The molecule has 2 heterocycles. The van der Waals surface area contributed by atoms with E-state index >= 15 is 0 Å². The predicted octanol–water partition coefficient (Wildman–Crippen LogP) is 3.05. The van der Waals surface area contributed by atoms with E-state index in [1.807, 2.05) is 19.1 Å². The Labute approximate surface area is 119 Å². The lowest BCUT2D eigenvalue weighted by atomic mass is 10.1. The van der Waals surface area contributed by atoms with Crippen LogP contribution in [0.2, 0.25) is 0 Å². The molecule has 19 heavy (non-hydrogen) atoms. The number of primary amides is 1. The van der Waals surface area contributed by atoms with Gasteiger partial charge < -0.3 is 10.3 Å². The second-order valence-electron chi connectivity index (χ2n) is 4.82. The highest BCUT2D eigenvalue weighted by Crippen LogP contribution is 2.45. The number of hydrogen-bond donors (Lipinski definition) is 1. The van der Waals surface area contributed by atoms with E-state index < -0.39 is 0 Å². The largest absolute Gasteiger partial charge is 0.366 e. The zero-order valence-corrected chi connectivity index (χ0v) is 12.1. The molecule has 0 aliphatic heterocycles. The summed E-state index contributed by atoms with van der Waals surface area (Å²) >= 11 is 3.54. The van der Waals surface area contributed by atoms with Gasteiger partial charge in [0.15, 0.2) is 0 Å². The highest BCUT2D eigenvalue weighted by Gasteiger charge is 2.32. The van der Waals surface area contributed by atoms with Crippen LogP contribution in [0.5, 0.6) is 0 Å². The van der Waals surface area contributed by atoms with Gasteiger partial charge in [0.2, 0.25) is 0 Å². The van der Waals surface area contributed by atoms with Crippen molar-refractivity contribution in [1.82, 2.24) is 9.55 Å². The van der Waals surface area contributed by atoms with Gasteiger partial charge in [0.05, 0.1) is 15.7 Å². The number of rotatable bonds is 3. The molecule has 1 saturated carbocycles. The fourth-order valence-electron chi connectivity index (χ4n) is 2.52. The Bertz CT molecular complexity index is 644. The summed E-state index contributed by atoms with van der Waals surface area (Å²) in [5.41, 5.74) is 9.09. The van der Waals surface area contributed by atoms with Crippen molar-refractivity contribution in [2.24, 2.45) is 5.73 Å². The molecule has 2 N–H and O–H groups in total. The van der Waals surface area contributed by atoms with Gasteiger partial charge in [-0.15, -0.1) is 0 Å². The summed E-state index contributed by atoms with van der Waals surface area (Å²) in [6.45, 7) is 1.95. The lowest BCUT2D eigenvalue weighted by Gasteiger charge is -2.10. The number of pyridine rings is 1. The fourth-order valence-corrected chi connectivity index (χ4v) is 3.42. The third-order valence-corrected chi connectivity index (χ3v) is 4.28. The lowest BCUT2D eigenvalue weighted by Crippen LogP contribution is -2.12. The molecule has 1 fully saturated rings. The van der Waals surface area contributed by atoms with Crippen LogP contribution in [0.25, 0.3) is 11.3 Å². The summed E-state index contributed by atoms with van der Waals surface area (Å²) in [6.07, 6.45) is 5.81. The van der Waals surface area contributed by atoms with Crippen LogP contribution in [-0.4, -0.2) is 15.5 Å². The lowest BCUT2D eigenvalue weighted by molar-refractivity contribution is 0.0999. The zero-order valence-electron chi connectivity index (χ0n) is 10.6. The van der Waals surface area contributed by atoms with Crippen LogP contribution in [0.15, 0.2) is 29.0 Å². The van der Waals surface area contributed by atoms with Gasteiger partial charge in [-0.3, -0.25) is 9.78 Å². The smallest absolute Gasteiger partial charge is 0.251 e. The molecule has 0 atom stereocenters. The van der Waals surface area contributed by atoms with Gasteiger partial charge in [-0.2, -0.15) is 0 Å². The minimum atomic E-state index is -0.390. The van der Waals surface area contributed by atoms with Crippen LogP contribution in [0.3, 0.4) is 0 Å². The van der Waals surface area contributed by atoms with E-state index in [-0.39, 0.29) is 5.91 Å². The third kappa shape index (κ3) is 1.98. The SMILES string of the molecule is Cc1c(C(N)=O)c(Br)c(-c2ccncc2)n1C1CC1. The van der Waals surface area contributed by atoms with Crippen molar-refractivity contribution in [1.29, 1.82) is 0 Å². The molecule has 1 aliphatic carbocycles. The standard InChI is InChI=1S/C14H14BrN3O/c1-8-11(14(16)19)12(15)13(18(8)10-2-3-10)9-4-6-17-7-5-9/h4-7,10H,2-3H2,1H3,(H2,16,19). The van der Waals surface area contributed by atoms with Crippen molar-refractivity contribution >= 4 is 21.8 Å². The second-order valence-corrected chi connectivity index (χ2v) is 5.62. The second kappa shape index (κ2) is 4.49. The number of carbonyl (C=O) groups is 1. The molecule has 98 valence electrons. The molecule has 0 aromatic carbocycles. The monoisotopic (exact) mass is 319 g/mol. The maximum atomic E-state index is 11.6. The topological polar surface area (TPSA) is 60.9 Å². The first-order valence-electron chi connectivity index (χ1n) is 6.21. The zero-order chi connectivity index (χ0) is 13.6. The van der Waals surface area contributed by atoms with Crippen molar-refractivity contribution < 1.29 is 4.79 Å². The summed E-state index contributed by atoms with van der Waals surface area (Å²) < 4.78 is 3.01. The number of nitrogens with two attached hydrogens (primary N) is 1. The minimum Gasteiger partial charge on any atom is -0.366 e. The van der Waals surface area contributed by atoms with Crippen molar-refractivity contribution in [3.05, 3.63) is 40.3 Å². The maximum Gasteiger partial charge on any atom is 0.251 e. The van der Waals surface area contributed by atoms with Gasteiger partial charge in [-0.25, -0.2) is 0 Å². The van der Waals surface area contributed by atoms with E-state index in [0.717, 1.165) is 34.3 Å². The van der Waals surface area contributed by atoms with Crippen molar-refractivity contribution in [2.45, 2.75) is 25.8 Å². The summed E-state index contributed by atoms with van der Waals surface area (Å²) in [6, 6.07) is 4.37. The molecule has 5 heteroatoms. The normalized spacial score (nSPS) is 14.6. The van der Waals surface area contributed by atoms with Crippen molar-refractivity contribution in [3.8, 4) is 11.3 Å². The first kappa shape index (κ1) is 12.4.